The van der Waals surface area contributed by atoms with Crippen LogP contribution in [0.25, 0.3) is 6.08 Å². The van der Waals surface area contributed by atoms with Crippen molar-refractivity contribution in [1.29, 1.82) is 0 Å². The van der Waals surface area contributed by atoms with Gasteiger partial charge in [0.2, 0.25) is 15.9 Å². The highest BCUT2D eigenvalue weighted by Gasteiger charge is 2.30. The average molecular weight is 450 g/mol. The molecule has 0 unspecified atom stereocenters. The minimum Gasteiger partial charge on any atom is -0.460 e. The van der Waals surface area contributed by atoms with Crippen molar-refractivity contribution in [3.05, 3.63) is 89.9 Å². The molecule has 162 valence electrons. The number of sulfonamides is 1. The van der Waals surface area contributed by atoms with Gasteiger partial charge in [0.25, 0.3) is 0 Å². The zero-order valence-electron chi connectivity index (χ0n) is 15.9. The highest BCUT2D eigenvalue weighted by Crippen LogP contribution is 2.30. The summed E-state index contributed by atoms with van der Waals surface area (Å²) in [5.41, 5.74) is -0.872. The van der Waals surface area contributed by atoms with E-state index in [2.05, 4.69) is 10.0 Å². The van der Waals surface area contributed by atoms with E-state index in [1.54, 1.807) is 18.2 Å². The molecule has 0 saturated carbocycles. The molecular formula is C21H17F3N2O4S. The second kappa shape index (κ2) is 9.19. The van der Waals surface area contributed by atoms with Crippen molar-refractivity contribution in [2.75, 3.05) is 5.32 Å². The van der Waals surface area contributed by atoms with Gasteiger partial charge in [-0.25, -0.2) is 13.1 Å². The van der Waals surface area contributed by atoms with Crippen LogP contribution in [0.1, 0.15) is 17.1 Å². The molecule has 1 aromatic heterocycles. The Hall–Kier alpha value is -3.37. The number of rotatable bonds is 7. The highest BCUT2D eigenvalue weighted by molar-refractivity contribution is 7.89. The maximum Gasteiger partial charge on any atom is 0.416 e. The minimum atomic E-state index is -4.51. The second-order valence-electron chi connectivity index (χ2n) is 6.34. The maximum absolute atomic E-state index is 12.7. The van der Waals surface area contributed by atoms with Gasteiger partial charge in [0.05, 0.1) is 17.0 Å². The zero-order valence-corrected chi connectivity index (χ0v) is 16.7. The Morgan fingerprint density at radius 3 is 2.45 bits per heavy atom. The van der Waals surface area contributed by atoms with Crippen LogP contribution in [-0.2, 0) is 27.5 Å². The lowest BCUT2D eigenvalue weighted by atomic mass is 10.2. The van der Waals surface area contributed by atoms with E-state index in [1.807, 2.05) is 0 Å². The lowest BCUT2D eigenvalue weighted by Gasteiger charge is -2.08. The van der Waals surface area contributed by atoms with Gasteiger partial charge in [0, 0.05) is 11.8 Å². The number of hydrogen-bond acceptors (Lipinski definition) is 4. The van der Waals surface area contributed by atoms with Crippen molar-refractivity contribution in [3.8, 4) is 0 Å². The standard InChI is InChI=1S/C21H17F3N2O4S/c22-21(23,24)15-5-4-6-16(13-15)26-20(27)12-11-17-9-10-18(30-17)14-25-31(28,29)19-7-2-1-3-8-19/h1-13,25H,14H2,(H,26,27)/b12-11+. The van der Waals surface area contributed by atoms with Crippen LogP contribution in [-0.4, -0.2) is 14.3 Å². The van der Waals surface area contributed by atoms with Crippen molar-refractivity contribution < 1.29 is 30.8 Å². The van der Waals surface area contributed by atoms with E-state index in [-0.39, 0.29) is 22.9 Å². The zero-order chi connectivity index (χ0) is 22.5. The summed E-state index contributed by atoms with van der Waals surface area (Å²) in [6.45, 7) is -0.0957. The number of alkyl halides is 3. The predicted molar refractivity (Wildman–Crippen MR) is 108 cm³/mol. The molecular weight excluding hydrogens is 433 g/mol. The molecule has 2 aromatic carbocycles. The summed E-state index contributed by atoms with van der Waals surface area (Å²) in [5.74, 6) is -0.0624. The third-order valence-corrected chi connectivity index (χ3v) is 5.45. The van der Waals surface area contributed by atoms with Gasteiger partial charge in [-0.3, -0.25) is 4.79 Å². The first kappa shape index (κ1) is 22.3. The molecule has 1 amide bonds. The lowest BCUT2D eigenvalue weighted by molar-refractivity contribution is -0.137. The Morgan fingerprint density at radius 1 is 1.00 bits per heavy atom. The van der Waals surface area contributed by atoms with E-state index < -0.39 is 27.7 Å². The van der Waals surface area contributed by atoms with Crippen molar-refractivity contribution >= 4 is 27.7 Å². The first-order valence-corrected chi connectivity index (χ1v) is 10.4. The molecule has 0 aliphatic heterocycles. The molecule has 0 aliphatic carbocycles. The van der Waals surface area contributed by atoms with Crippen LogP contribution >= 0.6 is 0 Å². The van der Waals surface area contributed by atoms with Crippen LogP contribution in [0, 0.1) is 0 Å². The average Bonchev–Trinajstić information content (AvgIpc) is 3.19. The molecule has 2 N–H and O–H groups in total. The van der Waals surface area contributed by atoms with Crippen LogP contribution in [0.3, 0.4) is 0 Å². The third-order valence-electron chi connectivity index (χ3n) is 4.03. The predicted octanol–water partition coefficient (Wildman–Crippen LogP) is 4.43. The Bertz CT molecular complexity index is 1190. The molecule has 0 bridgehead atoms. The van der Waals surface area contributed by atoms with Crippen LogP contribution in [0.15, 0.2) is 82.1 Å². The SMILES string of the molecule is O=C(/C=C/c1ccc(CNS(=O)(=O)c2ccccc2)o1)Nc1cccc(C(F)(F)F)c1. The van der Waals surface area contributed by atoms with Crippen LogP contribution in [0.5, 0.6) is 0 Å². The summed E-state index contributed by atoms with van der Waals surface area (Å²) < 4.78 is 70.4. The summed E-state index contributed by atoms with van der Waals surface area (Å²) in [4.78, 5) is 12.1. The summed E-state index contributed by atoms with van der Waals surface area (Å²) in [6, 6.07) is 15.2. The molecule has 10 heteroatoms. The molecule has 0 atom stereocenters. The highest BCUT2D eigenvalue weighted by atomic mass is 32.2. The van der Waals surface area contributed by atoms with Gasteiger partial charge in [0.15, 0.2) is 0 Å². The normalized spacial score (nSPS) is 12.2. The number of carbonyl (C=O) groups is 1. The number of carbonyl (C=O) groups excluding carboxylic acids is 1. The largest absolute Gasteiger partial charge is 0.460 e. The number of nitrogens with one attached hydrogen (secondary N) is 2. The van der Waals surface area contributed by atoms with E-state index in [0.717, 1.165) is 18.2 Å². The van der Waals surface area contributed by atoms with Gasteiger partial charge in [-0.1, -0.05) is 24.3 Å². The second-order valence-corrected chi connectivity index (χ2v) is 8.11. The number of furan rings is 1. The minimum absolute atomic E-state index is 0.0000671. The first-order valence-electron chi connectivity index (χ1n) is 8.93. The van der Waals surface area contributed by atoms with E-state index in [1.165, 1.54) is 42.5 Å². The Morgan fingerprint density at radius 2 is 1.74 bits per heavy atom. The fourth-order valence-corrected chi connectivity index (χ4v) is 3.56. The molecule has 0 aliphatic rings. The fraction of sp³-hybridized carbons (Fsp3) is 0.0952. The van der Waals surface area contributed by atoms with Crippen molar-refractivity contribution in [2.45, 2.75) is 17.6 Å². The van der Waals surface area contributed by atoms with E-state index in [4.69, 9.17) is 4.42 Å². The topological polar surface area (TPSA) is 88.4 Å². The molecule has 3 rings (SSSR count). The lowest BCUT2D eigenvalue weighted by Crippen LogP contribution is -2.22. The van der Waals surface area contributed by atoms with Gasteiger partial charge in [0.1, 0.15) is 11.5 Å². The molecule has 6 nitrogen and oxygen atoms in total. The van der Waals surface area contributed by atoms with Gasteiger partial charge in [-0.05, 0) is 48.5 Å². The molecule has 0 saturated heterocycles. The molecule has 3 aromatic rings. The summed E-state index contributed by atoms with van der Waals surface area (Å²) in [5, 5.41) is 2.34. The quantitative estimate of drug-likeness (QED) is 0.522. The van der Waals surface area contributed by atoms with Crippen molar-refractivity contribution in [1.82, 2.24) is 4.72 Å². The first-order chi connectivity index (χ1) is 14.6. The van der Waals surface area contributed by atoms with Gasteiger partial charge in [-0.15, -0.1) is 0 Å². The van der Waals surface area contributed by atoms with Crippen molar-refractivity contribution in [2.24, 2.45) is 0 Å². The molecule has 0 spiro atoms. The van der Waals surface area contributed by atoms with E-state index >= 15 is 0 Å². The van der Waals surface area contributed by atoms with Gasteiger partial charge in [-0.2, -0.15) is 13.2 Å². The van der Waals surface area contributed by atoms with Crippen LogP contribution in [0.4, 0.5) is 18.9 Å². The number of benzene rings is 2. The number of anilines is 1. The van der Waals surface area contributed by atoms with Crippen molar-refractivity contribution in [3.63, 3.8) is 0 Å². The van der Waals surface area contributed by atoms with Crippen LogP contribution < -0.4 is 10.0 Å². The Kier molecular flexibility index (Phi) is 6.62. The molecule has 0 radical (unpaired) electrons. The van der Waals surface area contributed by atoms with Gasteiger partial charge >= 0.3 is 6.18 Å². The van der Waals surface area contributed by atoms with Crippen LogP contribution in [0.2, 0.25) is 0 Å². The summed E-state index contributed by atoms with van der Waals surface area (Å²) >= 11 is 0. The third kappa shape index (κ3) is 6.30. The Balaban J connectivity index is 1.57. The monoisotopic (exact) mass is 450 g/mol. The summed E-state index contributed by atoms with van der Waals surface area (Å²) in [7, 11) is -3.70. The van der Waals surface area contributed by atoms with E-state index in [0.29, 0.717) is 5.76 Å². The smallest absolute Gasteiger partial charge is 0.416 e. The Labute approximate surface area is 176 Å². The molecule has 0 fully saturated rings. The number of halogens is 3. The van der Waals surface area contributed by atoms with E-state index in [9.17, 15) is 26.4 Å². The molecule has 31 heavy (non-hydrogen) atoms. The maximum atomic E-state index is 12.7. The summed E-state index contributed by atoms with van der Waals surface area (Å²) in [6.07, 6.45) is -2.10. The number of hydrogen-bond donors (Lipinski definition) is 2. The van der Waals surface area contributed by atoms with Gasteiger partial charge < -0.3 is 9.73 Å². The number of amides is 1. The fourth-order valence-electron chi connectivity index (χ4n) is 2.54. The molecule has 1 heterocycles.